The van der Waals surface area contributed by atoms with Crippen molar-refractivity contribution < 1.29 is 8.42 Å². The summed E-state index contributed by atoms with van der Waals surface area (Å²) >= 11 is 0. The highest BCUT2D eigenvalue weighted by Gasteiger charge is 2.20. The van der Waals surface area contributed by atoms with Crippen LogP contribution in [0.15, 0.2) is 41.4 Å². The molecule has 1 aromatic carbocycles. The molecular weight excluding hydrogens is 286 g/mol. The van der Waals surface area contributed by atoms with E-state index in [1.54, 1.807) is 6.07 Å². The highest BCUT2D eigenvalue weighted by atomic mass is 32.2. The van der Waals surface area contributed by atoms with E-state index in [1.165, 1.54) is 12.3 Å². The SMILES string of the molecule is CCc1cccc(CC)c1NS(=O)(=O)c1cccnc1N. The van der Waals surface area contributed by atoms with Crippen LogP contribution in [0.5, 0.6) is 0 Å². The van der Waals surface area contributed by atoms with Crippen molar-refractivity contribution in [3.05, 3.63) is 47.7 Å². The zero-order valence-corrected chi connectivity index (χ0v) is 12.9. The predicted molar refractivity (Wildman–Crippen MR) is 84.7 cm³/mol. The summed E-state index contributed by atoms with van der Waals surface area (Å²) in [5.41, 5.74) is 8.23. The molecule has 0 aliphatic carbocycles. The van der Waals surface area contributed by atoms with Crippen molar-refractivity contribution in [1.29, 1.82) is 0 Å². The van der Waals surface area contributed by atoms with Gasteiger partial charge in [-0.3, -0.25) is 4.72 Å². The standard InChI is InChI=1S/C15H19N3O2S/c1-3-11-7-5-8-12(4-2)14(11)18-21(19,20)13-9-6-10-17-15(13)16/h5-10,18H,3-4H2,1-2H3,(H2,16,17). The maximum atomic E-state index is 12.5. The van der Waals surface area contributed by atoms with Gasteiger partial charge in [-0.1, -0.05) is 32.0 Å². The summed E-state index contributed by atoms with van der Waals surface area (Å²) in [5.74, 6) is -0.00275. The largest absolute Gasteiger partial charge is 0.383 e. The fourth-order valence-corrected chi connectivity index (χ4v) is 3.42. The Morgan fingerprint density at radius 1 is 1.10 bits per heavy atom. The van der Waals surface area contributed by atoms with Gasteiger partial charge in [0.2, 0.25) is 0 Å². The van der Waals surface area contributed by atoms with Crippen molar-refractivity contribution in [1.82, 2.24) is 4.98 Å². The summed E-state index contributed by atoms with van der Waals surface area (Å²) in [4.78, 5) is 3.83. The third-order valence-electron chi connectivity index (χ3n) is 3.32. The molecule has 0 radical (unpaired) electrons. The van der Waals surface area contributed by atoms with Crippen LogP contribution in [0, 0.1) is 0 Å². The third kappa shape index (κ3) is 3.16. The van der Waals surface area contributed by atoms with Crippen LogP contribution in [0.2, 0.25) is 0 Å². The zero-order valence-electron chi connectivity index (χ0n) is 12.1. The Morgan fingerprint density at radius 2 is 1.71 bits per heavy atom. The van der Waals surface area contributed by atoms with Gasteiger partial charge in [0.05, 0.1) is 5.69 Å². The lowest BCUT2D eigenvalue weighted by Crippen LogP contribution is -2.17. The summed E-state index contributed by atoms with van der Waals surface area (Å²) in [7, 11) is -3.75. The number of aromatic nitrogens is 1. The van der Waals surface area contributed by atoms with Crippen molar-refractivity contribution in [2.45, 2.75) is 31.6 Å². The van der Waals surface area contributed by atoms with Gasteiger partial charge in [0.25, 0.3) is 10.0 Å². The molecule has 6 heteroatoms. The first-order chi connectivity index (χ1) is 9.99. The number of rotatable bonds is 5. The molecule has 0 fully saturated rings. The molecule has 0 amide bonds. The second-order valence-corrected chi connectivity index (χ2v) is 6.30. The highest BCUT2D eigenvalue weighted by Crippen LogP contribution is 2.26. The van der Waals surface area contributed by atoms with Crippen molar-refractivity contribution in [2.75, 3.05) is 10.5 Å². The fraction of sp³-hybridized carbons (Fsp3) is 0.267. The topological polar surface area (TPSA) is 85.1 Å². The Morgan fingerprint density at radius 3 is 2.24 bits per heavy atom. The summed E-state index contributed by atoms with van der Waals surface area (Å²) in [6, 6.07) is 8.78. The third-order valence-corrected chi connectivity index (χ3v) is 4.72. The number of pyridine rings is 1. The van der Waals surface area contributed by atoms with Crippen LogP contribution in [-0.4, -0.2) is 13.4 Å². The lowest BCUT2D eigenvalue weighted by atomic mass is 10.0. The number of hydrogen-bond donors (Lipinski definition) is 2. The molecule has 0 unspecified atom stereocenters. The zero-order chi connectivity index (χ0) is 15.5. The summed E-state index contributed by atoms with van der Waals surface area (Å²) in [6.07, 6.45) is 2.95. The molecule has 2 aromatic rings. The minimum absolute atomic E-state index is 0.00189. The molecule has 0 spiro atoms. The minimum atomic E-state index is -3.75. The predicted octanol–water partition coefficient (Wildman–Crippen LogP) is 2.59. The van der Waals surface area contributed by atoms with Crippen molar-refractivity contribution >= 4 is 21.5 Å². The maximum absolute atomic E-state index is 12.5. The molecule has 0 saturated carbocycles. The summed E-state index contributed by atoms with van der Waals surface area (Å²) in [6.45, 7) is 3.98. The molecule has 1 aromatic heterocycles. The molecule has 1 heterocycles. The van der Waals surface area contributed by atoms with Crippen LogP contribution < -0.4 is 10.5 Å². The van der Waals surface area contributed by atoms with Crippen molar-refractivity contribution in [3.63, 3.8) is 0 Å². The Kier molecular flexibility index (Phi) is 4.47. The van der Waals surface area contributed by atoms with Crippen LogP contribution >= 0.6 is 0 Å². The Hall–Kier alpha value is -2.08. The molecule has 3 N–H and O–H groups in total. The molecule has 112 valence electrons. The van der Waals surface area contributed by atoms with Gasteiger partial charge in [-0.25, -0.2) is 13.4 Å². The lowest BCUT2D eigenvalue weighted by molar-refractivity contribution is 0.601. The van der Waals surface area contributed by atoms with Gasteiger partial charge >= 0.3 is 0 Å². The van der Waals surface area contributed by atoms with E-state index in [0.717, 1.165) is 24.0 Å². The van der Waals surface area contributed by atoms with Gasteiger partial charge in [-0.05, 0) is 36.1 Å². The van der Waals surface area contributed by atoms with E-state index < -0.39 is 10.0 Å². The van der Waals surface area contributed by atoms with Gasteiger partial charge in [0, 0.05) is 6.20 Å². The van der Waals surface area contributed by atoms with Crippen molar-refractivity contribution in [3.8, 4) is 0 Å². The first-order valence-corrected chi connectivity index (χ1v) is 8.32. The maximum Gasteiger partial charge on any atom is 0.265 e. The van der Waals surface area contributed by atoms with E-state index in [1.807, 2.05) is 32.0 Å². The second kappa shape index (κ2) is 6.13. The van der Waals surface area contributed by atoms with Crippen LogP contribution in [-0.2, 0) is 22.9 Å². The first kappa shape index (κ1) is 15.3. The van der Waals surface area contributed by atoms with Crippen LogP contribution in [0.3, 0.4) is 0 Å². The number of nitrogens with zero attached hydrogens (tertiary/aromatic N) is 1. The minimum Gasteiger partial charge on any atom is -0.383 e. The molecule has 0 aliphatic heterocycles. The quantitative estimate of drug-likeness (QED) is 0.889. The number of nitrogen functional groups attached to an aromatic ring is 1. The number of nitrogens with two attached hydrogens (primary N) is 1. The summed E-state index contributed by atoms with van der Waals surface area (Å²) < 4.78 is 27.7. The smallest absolute Gasteiger partial charge is 0.265 e. The Balaban J connectivity index is 2.49. The number of hydrogen-bond acceptors (Lipinski definition) is 4. The number of para-hydroxylation sites is 1. The van der Waals surface area contributed by atoms with E-state index in [2.05, 4.69) is 9.71 Å². The normalized spacial score (nSPS) is 11.3. The molecular formula is C15H19N3O2S. The molecule has 0 atom stereocenters. The number of nitrogens with one attached hydrogen (secondary N) is 1. The van der Waals surface area contributed by atoms with E-state index in [0.29, 0.717) is 5.69 Å². The van der Waals surface area contributed by atoms with Gasteiger partial charge in [-0.15, -0.1) is 0 Å². The summed E-state index contributed by atoms with van der Waals surface area (Å²) in [5, 5.41) is 0. The van der Waals surface area contributed by atoms with Crippen LogP contribution in [0.1, 0.15) is 25.0 Å². The van der Waals surface area contributed by atoms with E-state index in [9.17, 15) is 8.42 Å². The van der Waals surface area contributed by atoms with E-state index in [4.69, 9.17) is 5.73 Å². The second-order valence-electron chi connectivity index (χ2n) is 4.65. The number of aryl methyl sites for hydroxylation is 2. The monoisotopic (exact) mass is 305 g/mol. The molecule has 0 aliphatic rings. The average molecular weight is 305 g/mol. The van der Waals surface area contributed by atoms with Gasteiger partial charge < -0.3 is 5.73 Å². The molecule has 0 bridgehead atoms. The Bertz CT molecular complexity index is 720. The van der Waals surface area contributed by atoms with E-state index in [-0.39, 0.29) is 10.7 Å². The molecule has 21 heavy (non-hydrogen) atoms. The van der Waals surface area contributed by atoms with Gasteiger partial charge in [0.1, 0.15) is 10.7 Å². The Labute approximate surface area is 125 Å². The van der Waals surface area contributed by atoms with Gasteiger partial charge in [-0.2, -0.15) is 0 Å². The van der Waals surface area contributed by atoms with Crippen molar-refractivity contribution in [2.24, 2.45) is 0 Å². The number of benzene rings is 1. The van der Waals surface area contributed by atoms with Gasteiger partial charge in [0.15, 0.2) is 0 Å². The first-order valence-electron chi connectivity index (χ1n) is 6.83. The molecule has 2 rings (SSSR count). The van der Waals surface area contributed by atoms with E-state index >= 15 is 0 Å². The average Bonchev–Trinajstić information content (AvgIpc) is 2.47. The number of sulfonamides is 1. The fourth-order valence-electron chi connectivity index (χ4n) is 2.19. The lowest BCUT2D eigenvalue weighted by Gasteiger charge is -2.16. The molecule has 5 nitrogen and oxygen atoms in total. The molecule has 0 saturated heterocycles. The number of anilines is 2. The highest BCUT2D eigenvalue weighted by molar-refractivity contribution is 7.92. The van der Waals surface area contributed by atoms with Crippen LogP contribution in [0.4, 0.5) is 11.5 Å². The van der Waals surface area contributed by atoms with Crippen LogP contribution in [0.25, 0.3) is 0 Å².